The first kappa shape index (κ1) is 10.9. The number of H-pyrrole nitrogens is 1. The van der Waals surface area contributed by atoms with Gasteiger partial charge >= 0.3 is 0 Å². The van der Waals surface area contributed by atoms with Crippen LogP contribution in [0.4, 0.5) is 0 Å². The molecule has 5 nitrogen and oxygen atoms in total. The lowest BCUT2D eigenvalue weighted by atomic mass is 10.2. The molecular formula is C15H11N5. The average Bonchev–Trinajstić information content (AvgIpc) is 3.17. The Kier molecular flexibility index (Phi) is 2.35. The van der Waals surface area contributed by atoms with Gasteiger partial charge in [0.15, 0.2) is 5.65 Å². The molecule has 0 atom stereocenters. The predicted molar refractivity (Wildman–Crippen MR) is 76.0 cm³/mol. The van der Waals surface area contributed by atoms with E-state index in [0.717, 1.165) is 28.3 Å². The first-order chi connectivity index (χ1) is 9.92. The topological polar surface area (TPSA) is 58.9 Å². The molecule has 3 heterocycles. The van der Waals surface area contributed by atoms with Crippen molar-refractivity contribution in [1.29, 1.82) is 0 Å². The van der Waals surface area contributed by atoms with E-state index in [1.807, 2.05) is 41.1 Å². The van der Waals surface area contributed by atoms with Gasteiger partial charge in [-0.15, -0.1) is 0 Å². The van der Waals surface area contributed by atoms with Crippen LogP contribution in [-0.4, -0.2) is 24.6 Å². The molecular weight excluding hydrogens is 250 g/mol. The molecule has 0 aliphatic rings. The summed E-state index contributed by atoms with van der Waals surface area (Å²) in [6.45, 7) is 0. The smallest absolute Gasteiger partial charge is 0.155 e. The Balaban J connectivity index is 1.93. The number of hydrogen-bond acceptors (Lipinski definition) is 3. The predicted octanol–water partition coefficient (Wildman–Crippen LogP) is 2.79. The quantitative estimate of drug-likeness (QED) is 0.603. The van der Waals surface area contributed by atoms with E-state index in [4.69, 9.17) is 0 Å². The van der Waals surface area contributed by atoms with E-state index in [9.17, 15) is 0 Å². The summed E-state index contributed by atoms with van der Waals surface area (Å²) in [4.78, 5) is 8.79. The van der Waals surface area contributed by atoms with Gasteiger partial charge in [-0.25, -0.2) is 9.97 Å². The largest absolute Gasteiger partial charge is 0.296 e. The molecule has 0 saturated heterocycles. The normalized spacial score (nSPS) is 11.0. The maximum atomic E-state index is 4.40. The van der Waals surface area contributed by atoms with Gasteiger partial charge in [-0.3, -0.25) is 9.50 Å². The van der Waals surface area contributed by atoms with Gasteiger partial charge in [0.25, 0.3) is 0 Å². The zero-order valence-corrected chi connectivity index (χ0v) is 10.6. The third-order valence-corrected chi connectivity index (χ3v) is 3.24. The lowest BCUT2D eigenvalue weighted by molar-refractivity contribution is 1.07. The minimum Gasteiger partial charge on any atom is -0.296 e. The van der Waals surface area contributed by atoms with Crippen molar-refractivity contribution < 1.29 is 0 Å². The molecule has 0 radical (unpaired) electrons. The highest BCUT2D eigenvalue weighted by Gasteiger charge is 2.08. The van der Waals surface area contributed by atoms with E-state index >= 15 is 0 Å². The molecule has 96 valence electrons. The highest BCUT2D eigenvalue weighted by molar-refractivity contribution is 5.65. The number of hydrogen-bond donors (Lipinski definition) is 1. The SMILES string of the molecule is c1ccc(-c2cnc3cnc(-c4ccn[nH]4)cn23)cc1. The van der Waals surface area contributed by atoms with Crippen molar-refractivity contribution in [1.82, 2.24) is 24.6 Å². The number of aromatic amines is 1. The molecule has 0 aliphatic heterocycles. The van der Waals surface area contributed by atoms with Crippen molar-refractivity contribution in [2.45, 2.75) is 0 Å². The van der Waals surface area contributed by atoms with Crippen LogP contribution in [0.3, 0.4) is 0 Å². The van der Waals surface area contributed by atoms with Gasteiger partial charge in [0.05, 0.1) is 23.8 Å². The molecule has 0 bridgehead atoms. The van der Waals surface area contributed by atoms with E-state index in [-0.39, 0.29) is 0 Å². The van der Waals surface area contributed by atoms with Gasteiger partial charge in [0.1, 0.15) is 5.69 Å². The summed E-state index contributed by atoms with van der Waals surface area (Å²) in [6, 6.07) is 12.1. The Morgan fingerprint density at radius 1 is 0.950 bits per heavy atom. The second kappa shape index (κ2) is 4.31. The van der Waals surface area contributed by atoms with Crippen molar-refractivity contribution >= 4 is 5.65 Å². The molecule has 0 saturated carbocycles. The highest BCUT2D eigenvalue weighted by atomic mass is 15.1. The lowest BCUT2D eigenvalue weighted by Gasteiger charge is -2.03. The van der Waals surface area contributed by atoms with Gasteiger partial charge in [-0.1, -0.05) is 30.3 Å². The van der Waals surface area contributed by atoms with Crippen molar-refractivity contribution in [3.05, 3.63) is 61.2 Å². The molecule has 0 spiro atoms. The lowest BCUT2D eigenvalue weighted by Crippen LogP contribution is -1.93. The van der Waals surface area contributed by atoms with Gasteiger partial charge in [0.2, 0.25) is 0 Å². The Bertz CT molecular complexity index is 847. The summed E-state index contributed by atoms with van der Waals surface area (Å²) in [5.41, 5.74) is 4.72. The Hall–Kier alpha value is -2.95. The molecule has 5 heteroatoms. The van der Waals surface area contributed by atoms with Crippen molar-refractivity contribution in [2.75, 3.05) is 0 Å². The second-order valence-corrected chi connectivity index (χ2v) is 4.48. The van der Waals surface area contributed by atoms with Crippen molar-refractivity contribution in [2.24, 2.45) is 0 Å². The number of nitrogens with zero attached hydrogens (tertiary/aromatic N) is 4. The van der Waals surface area contributed by atoms with Crippen LogP contribution in [0.15, 0.2) is 61.2 Å². The maximum Gasteiger partial charge on any atom is 0.155 e. The first-order valence-electron chi connectivity index (χ1n) is 6.30. The summed E-state index contributed by atoms with van der Waals surface area (Å²) in [5.74, 6) is 0. The molecule has 20 heavy (non-hydrogen) atoms. The van der Waals surface area contributed by atoms with Crippen LogP contribution in [-0.2, 0) is 0 Å². The van der Waals surface area contributed by atoms with Crippen LogP contribution in [0.2, 0.25) is 0 Å². The van der Waals surface area contributed by atoms with Crippen LogP contribution in [0.25, 0.3) is 28.3 Å². The van der Waals surface area contributed by atoms with Crippen LogP contribution in [0.1, 0.15) is 0 Å². The summed E-state index contributed by atoms with van der Waals surface area (Å²) in [6.07, 6.45) is 7.32. The standard InChI is InChI=1S/C15H11N5/c1-2-4-11(5-3-1)14-8-17-15-9-16-13(10-20(14)15)12-6-7-18-19-12/h1-10H,(H,18,19). The van der Waals surface area contributed by atoms with Gasteiger partial charge < -0.3 is 0 Å². The molecule has 3 aromatic heterocycles. The van der Waals surface area contributed by atoms with E-state index in [2.05, 4.69) is 32.3 Å². The summed E-state index contributed by atoms with van der Waals surface area (Å²) in [7, 11) is 0. The molecule has 1 aromatic carbocycles. The van der Waals surface area contributed by atoms with Crippen LogP contribution in [0.5, 0.6) is 0 Å². The number of rotatable bonds is 2. The third-order valence-electron chi connectivity index (χ3n) is 3.24. The fourth-order valence-electron chi connectivity index (χ4n) is 2.25. The summed E-state index contributed by atoms with van der Waals surface area (Å²) < 4.78 is 2.04. The number of aromatic nitrogens is 5. The monoisotopic (exact) mass is 261 g/mol. The van der Waals surface area contributed by atoms with E-state index in [1.54, 1.807) is 12.4 Å². The van der Waals surface area contributed by atoms with Crippen LogP contribution < -0.4 is 0 Å². The zero-order chi connectivity index (χ0) is 13.4. The number of nitrogens with one attached hydrogen (secondary N) is 1. The second-order valence-electron chi connectivity index (χ2n) is 4.48. The Labute approximate surface area is 115 Å². The van der Waals surface area contributed by atoms with Gasteiger partial charge in [-0.05, 0) is 6.07 Å². The molecule has 4 aromatic rings. The molecule has 1 N–H and O–H groups in total. The maximum absolute atomic E-state index is 4.40. The van der Waals surface area contributed by atoms with E-state index < -0.39 is 0 Å². The molecule has 0 unspecified atom stereocenters. The fraction of sp³-hybridized carbons (Fsp3) is 0. The number of fused-ring (bicyclic) bond motifs is 1. The summed E-state index contributed by atoms with van der Waals surface area (Å²) in [5, 5.41) is 6.88. The minimum absolute atomic E-state index is 0.826. The molecule has 0 amide bonds. The van der Waals surface area contributed by atoms with E-state index in [0.29, 0.717) is 0 Å². The summed E-state index contributed by atoms with van der Waals surface area (Å²) >= 11 is 0. The average molecular weight is 261 g/mol. The first-order valence-corrected chi connectivity index (χ1v) is 6.30. The molecule has 4 rings (SSSR count). The van der Waals surface area contributed by atoms with Gasteiger partial charge in [-0.2, -0.15) is 5.10 Å². The van der Waals surface area contributed by atoms with Crippen molar-refractivity contribution in [3.8, 4) is 22.6 Å². The van der Waals surface area contributed by atoms with Crippen LogP contribution in [0, 0.1) is 0 Å². The number of imidazole rings is 1. The number of benzene rings is 1. The Morgan fingerprint density at radius 2 is 1.85 bits per heavy atom. The molecule has 0 fully saturated rings. The minimum atomic E-state index is 0.826. The molecule has 0 aliphatic carbocycles. The highest BCUT2D eigenvalue weighted by Crippen LogP contribution is 2.22. The van der Waals surface area contributed by atoms with Crippen LogP contribution >= 0.6 is 0 Å². The van der Waals surface area contributed by atoms with Gasteiger partial charge in [0, 0.05) is 18.0 Å². The fourth-order valence-corrected chi connectivity index (χ4v) is 2.25. The van der Waals surface area contributed by atoms with E-state index in [1.165, 1.54) is 0 Å². The van der Waals surface area contributed by atoms with Crippen molar-refractivity contribution in [3.63, 3.8) is 0 Å². The zero-order valence-electron chi connectivity index (χ0n) is 10.6. The third kappa shape index (κ3) is 1.68. The Morgan fingerprint density at radius 3 is 2.65 bits per heavy atom.